The van der Waals surface area contributed by atoms with E-state index in [1.165, 1.54) is 5.56 Å². The van der Waals surface area contributed by atoms with Crippen molar-refractivity contribution in [2.45, 2.75) is 20.4 Å². The van der Waals surface area contributed by atoms with Gasteiger partial charge in [-0.25, -0.2) is 0 Å². The zero-order chi connectivity index (χ0) is 18.9. The Morgan fingerprint density at radius 1 is 1.08 bits per heavy atom. The maximum atomic E-state index is 12.2. The van der Waals surface area contributed by atoms with Crippen LogP contribution in [0.4, 0.5) is 5.69 Å². The van der Waals surface area contributed by atoms with Crippen LogP contribution in [0.25, 0.3) is 0 Å². The minimum Gasteiger partial charge on any atom is -0.372 e. The number of nitrogens with one attached hydrogen (secondary N) is 3. The number of hydrogen-bond acceptors (Lipinski definition) is 4. The summed E-state index contributed by atoms with van der Waals surface area (Å²) in [5.74, 6) is -0.536. The van der Waals surface area contributed by atoms with Crippen LogP contribution in [-0.2, 0) is 11.3 Å². The van der Waals surface area contributed by atoms with Crippen LogP contribution in [0.1, 0.15) is 29.8 Å². The van der Waals surface area contributed by atoms with E-state index < -0.39 is 0 Å². The molecule has 0 saturated carbocycles. The largest absolute Gasteiger partial charge is 0.372 e. The van der Waals surface area contributed by atoms with Crippen LogP contribution in [0.3, 0.4) is 0 Å². The van der Waals surface area contributed by atoms with E-state index in [2.05, 4.69) is 41.0 Å². The van der Waals surface area contributed by atoms with E-state index in [-0.39, 0.29) is 18.4 Å². The van der Waals surface area contributed by atoms with Crippen LogP contribution in [0, 0.1) is 0 Å². The zero-order valence-corrected chi connectivity index (χ0v) is 16.4. The summed E-state index contributed by atoms with van der Waals surface area (Å²) in [6, 6.07) is 9.42. The van der Waals surface area contributed by atoms with Crippen LogP contribution in [0.5, 0.6) is 0 Å². The molecule has 26 heavy (non-hydrogen) atoms. The van der Waals surface area contributed by atoms with Crippen LogP contribution >= 0.6 is 11.3 Å². The number of thiophene rings is 1. The van der Waals surface area contributed by atoms with Gasteiger partial charge in [0.05, 0.1) is 7.05 Å². The standard InChI is InChI=1S/C19H26N4O2S/c1-4-23(5-2)17-8-6-16(7-9-17)19(25)21-20-18(24)13-22(3)12-15-10-11-26-14-15/h6-11,14H,4-5,12-13H2,1-3H3,(H,20,24)(H,21,25)/p+1. The Balaban J connectivity index is 1.79. The van der Waals surface area contributed by atoms with Gasteiger partial charge in [-0.3, -0.25) is 20.4 Å². The molecule has 0 aliphatic heterocycles. The van der Waals surface area contributed by atoms with Gasteiger partial charge in [-0.1, -0.05) is 0 Å². The lowest BCUT2D eigenvalue weighted by atomic mass is 10.2. The molecular weight excluding hydrogens is 348 g/mol. The molecule has 2 rings (SSSR count). The molecule has 6 nitrogen and oxygen atoms in total. The summed E-state index contributed by atoms with van der Waals surface area (Å²) in [6.45, 7) is 7.08. The molecule has 0 aliphatic rings. The van der Waals surface area contributed by atoms with E-state index in [4.69, 9.17) is 0 Å². The van der Waals surface area contributed by atoms with Crippen molar-refractivity contribution in [2.75, 3.05) is 31.6 Å². The van der Waals surface area contributed by atoms with Crippen molar-refractivity contribution in [1.82, 2.24) is 10.9 Å². The van der Waals surface area contributed by atoms with Crippen molar-refractivity contribution in [3.8, 4) is 0 Å². The van der Waals surface area contributed by atoms with Crippen LogP contribution in [0.2, 0.25) is 0 Å². The Bertz CT molecular complexity index is 697. The van der Waals surface area contributed by atoms with Crippen molar-refractivity contribution in [1.29, 1.82) is 0 Å². The van der Waals surface area contributed by atoms with E-state index in [1.54, 1.807) is 23.5 Å². The molecule has 1 unspecified atom stereocenters. The minimum atomic E-state index is -0.320. The number of anilines is 1. The Morgan fingerprint density at radius 3 is 2.35 bits per heavy atom. The second-order valence-electron chi connectivity index (χ2n) is 6.16. The third-order valence-corrected chi connectivity index (χ3v) is 4.85. The van der Waals surface area contributed by atoms with Crippen molar-refractivity contribution >= 4 is 28.8 Å². The maximum Gasteiger partial charge on any atom is 0.293 e. The topological polar surface area (TPSA) is 65.9 Å². The molecule has 140 valence electrons. The number of amides is 2. The number of likely N-dealkylation sites (N-methyl/N-ethyl adjacent to an activating group) is 1. The molecule has 1 aromatic heterocycles. The molecule has 0 saturated heterocycles. The van der Waals surface area contributed by atoms with E-state index in [0.717, 1.165) is 30.2 Å². The lowest BCUT2D eigenvalue weighted by Gasteiger charge is -2.21. The molecule has 1 atom stereocenters. The lowest BCUT2D eigenvalue weighted by Crippen LogP contribution is -3.09. The third kappa shape index (κ3) is 5.86. The first-order chi connectivity index (χ1) is 12.5. The average molecular weight is 376 g/mol. The monoisotopic (exact) mass is 375 g/mol. The highest BCUT2D eigenvalue weighted by Crippen LogP contribution is 2.14. The van der Waals surface area contributed by atoms with Crippen LogP contribution in [-0.4, -0.2) is 38.5 Å². The van der Waals surface area contributed by atoms with E-state index in [1.807, 2.05) is 24.6 Å². The summed E-state index contributed by atoms with van der Waals surface area (Å²) in [6.07, 6.45) is 0. The van der Waals surface area contributed by atoms with Gasteiger partial charge in [-0.05, 0) is 54.9 Å². The Morgan fingerprint density at radius 2 is 1.77 bits per heavy atom. The molecule has 0 aliphatic carbocycles. The molecule has 0 radical (unpaired) electrons. The number of rotatable bonds is 8. The predicted molar refractivity (Wildman–Crippen MR) is 105 cm³/mol. The van der Waals surface area contributed by atoms with E-state index in [0.29, 0.717) is 5.56 Å². The van der Waals surface area contributed by atoms with Crippen molar-refractivity contribution in [2.24, 2.45) is 0 Å². The maximum absolute atomic E-state index is 12.2. The first kappa shape index (κ1) is 19.9. The number of nitrogens with zero attached hydrogens (tertiary/aromatic N) is 1. The predicted octanol–water partition coefficient (Wildman–Crippen LogP) is 1.07. The quantitative estimate of drug-likeness (QED) is 0.605. The molecular formula is C19H27N4O2S+. The summed E-state index contributed by atoms with van der Waals surface area (Å²) in [5.41, 5.74) is 7.76. The first-order valence-electron chi connectivity index (χ1n) is 8.80. The highest BCUT2D eigenvalue weighted by molar-refractivity contribution is 7.07. The van der Waals surface area contributed by atoms with Crippen LogP contribution in [0.15, 0.2) is 41.1 Å². The molecule has 2 amide bonds. The van der Waals surface area contributed by atoms with Crippen LogP contribution < -0.4 is 20.7 Å². The van der Waals surface area contributed by atoms with Crippen molar-refractivity contribution in [3.05, 3.63) is 52.2 Å². The van der Waals surface area contributed by atoms with Crippen molar-refractivity contribution < 1.29 is 14.5 Å². The third-order valence-electron chi connectivity index (χ3n) is 4.12. The van der Waals surface area contributed by atoms with Gasteiger partial charge in [0.25, 0.3) is 11.8 Å². The van der Waals surface area contributed by atoms with Gasteiger partial charge in [0, 0.05) is 29.9 Å². The van der Waals surface area contributed by atoms with Crippen molar-refractivity contribution in [3.63, 3.8) is 0 Å². The lowest BCUT2D eigenvalue weighted by molar-refractivity contribution is -0.885. The smallest absolute Gasteiger partial charge is 0.293 e. The Labute approximate surface area is 158 Å². The Hall–Kier alpha value is -2.38. The number of benzene rings is 1. The average Bonchev–Trinajstić information content (AvgIpc) is 3.14. The Kier molecular flexibility index (Phi) is 7.62. The molecule has 1 aromatic carbocycles. The first-order valence-corrected chi connectivity index (χ1v) is 9.74. The second-order valence-corrected chi connectivity index (χ2v) is 6.94. The fraction of sp³-hybridized carbons (Fsp3) is 0.368. The SMILES string of the molecule is CCN(CC)c1ccc(C(=O)NNC(=O)C[NH+](C)Cc2ccsc2)cc1. The van der Waals surface area contributed by atoms with Gasteiger partial charge in [-0.2, -0.15) is 11.3 Å². The highest BCUT2D eigenvalue weighted by atomic mass is 32.1. The molecule has 2 aromatic rings. The second kappa shape index (κ2) is 9.94. The summed E-state index contributed by atoms with van der Waals surface area (Å²) in [7, 11) is 1.95. The number of quaternary nitrogens is 1. The fourth-order valence-electron chi connectivity index (χ4n) is 2.73. The highest BCUT2D eigenvalue weighted by Gasteiger charge is 2.13. The molecule has 7 heteroatoms. The molecule has 1 heterocycles. The summed E-state index contributed by atoms with van der Waals surface area (Å²) < 4.78 is 0. The van der Waals surface area contributed by atoms with Gasteiger partial charge in [-0.15, -0.1) is 0 Å². The number of carbonyl (C=O) groups is 2. The number of hydrogen-bond donors (Lipinski definition) is 3. The molecule has 3 N–H and O–H groups in total. The van der Waals surface area contributed by atoms with E-state index in [9.17, 15) is 9.59 Å². The van der Waals surface area contributed by atoms with Gasteiger partial charge < -0.3 is 9.80 Å². The molecule has 0 fully saturated rings. The van der Waals surface area contributed by atoms with Gasteiger partial charge >= 0.3 is 0 Å². The summed E-state index contributed by atoms with van der Waals surface area (Å²) in [4.78, 5) is 27.4. The normalized spacial score (nSPS) is 11.7. The minimum absolute atomic E-state index is 0.217. The summed E-state index contributed by atoms with van der Waals surface area (Å²) in [5, 5.41) is 4.10. The van der Waals surface area contributed by atoms with Gasteiger partial charge in [0.15, 0.2) is 6.54 Å². The van der Waals surface area contributed by atoms with Gasteiger partial charge in [0.2, 0.25) is 0 Å². The number of carbonyl (C=O) groups excluding carboxylic acids is 2. The fourth-order valence-corrected chi connectivity index (χ4v) is 3.40. The van der Waals surface area contributed by atoms with E-state index >= 15 is 0 Å². The van der Waals surface area contributed by atoms with Gasteiger partial charge in [0.1, 0.15) is 6.54 Å². The summed E-state index contributed by atoms with van der Waals surface area (Å²) >= 11 is 1.64. The molecule has 0 spiro atoms. The zero-order valence-electron chi connectivity index (χ0n) is 15.5. The molecule has 0 bridgehead atoms. The number of hydrazine groups is 1.